The molecule has 0 aliphatic carbocycles. The van der Waals surface area contributed by atoms with Gasteiger partial charge in [0.15, 0.2) is 5.78 Å². The Balaban J connectivity index is 2.11. The second kappa shape index (κ2) is 6.46. The SMILES string of the molecule is O=C(CS(=O)c1cccc(Br)c1)c1ccc(Cl)cc1. The molecule has 0 aromatic heterocycles. The lowest BCUT2D eigenvalue weighted by atomic mass is 10.1. The Morgan fingerprint density at radius 1 is 1.16 bits per heavy atom. The zero-order valence-electron chi connectivity index (χ0n) is 9.81. The maximum atomic E-state index is 12.1. The van der Waals surface area contributed by atoms with Crippen LogP contribution in [0.1, 0.15) is 10.4 Å². The van der Waals surface area contributed by atoms with E-state index >= 15 is 0 Å². The van der Waals surface area contributed by atoms with E-state index in [1.54, 1.807) is 42.5 Å². The number of halogens is 2. The summed E-state index contributed by atoms with van der Waals surface area (Å²) in [6.45, 7) is 0. The van der Waals surface area contributed by atoms with Gasteiger partial charge in [-0.2, -0.15) is 0 Å². The van der Waals surface area contributed by atoms with Gasteiger partial charge in [0.1, 0.15) is 0 Å². The highest BCUT2D eigenvalue weighted by atomic mass is 79.9. The summed E-state index contributed by atoms with van der Waals surface area (Å²) in [6, 6.07) is 13.7. The van der Waals surface area contributed by atoms with Crippen LogP contribution >= 0.6 is 27.5 Å². The quantitative estimate of drug-likeness (QED) is 0.772. The first-order valence-corrected chi connectivity index (χ1v) is 7.98. The highest BCUT2D eigenvalue weighted by Crippen LogP contribution is 2.16. The lowest BCUT2D eigenvalue weighted by Crippen LogP contribution is -2.11. The minimum Gasteiger partial charge on any atom is -0.293 e. The molecule has 0 aliphatic heterocycles. The first kappa shape index (κ1) is 14.4. The number of Topliss-reactive ketones (excluding diaryl/α,β-unsaturated/α-hetero) is 1. The van der Waals surface area contributed by atoms with Crippen molar-refractivity contribution in [3.8, 4) is 0 Å². The molecule has 0 N–H and O–H groups in total. The van der Waals surface area contributed by atoms with Gasteiger partial charge in [-0.1, -0.05) is 33.6 Å². The summed E-state index contributed by atoms with van der Waals surface area (Å²) in [5.74, 6) is -0.187. The van der Waals surface area contributed by atoms with Gasteiger partial charge in [0.25, 0.3) is 0 Å². The van der Waals surface area contributed by atoms with Crippen LogP contribution in [0, 0.1) is 0 Å². The Labute approximate surface area is 127 Å². The zero-order chi connectivity index (χ0) is 13.8. The van der Waals surface area contributed by atoms with E-state index in [9.17, 15) is 9.00 Å². The predicted octanol–water partition coefficient (Wildman–Crippen LogP) is 4.09. The maximum Gasteiger partial charge on any atom is 0.175 e. The van der Waals surface area contributed by atoms with Crippen molar-refractivity contribution in [1.82, 2.24) is 0 Å². The number of ketones is 1. The van der Waals surface area contributed by atoms with E-state index in [1.165, 1.54) is 0 Å². The molecule has 5 heteroatoms. The van der Waals surface area contributed by atoms with Gasteiger partial charge in [0.05, 0.1) is 16.6 Å². The lowest BCUT2D eigenvalue weighted by molar-refractivity contribution is 0.102. The summed E-state index contributed by atoms with van der Waals surface area (Å²) in [4.78, 5) is 12.6. The maximum absolute atomic E-state index is 12.1. The van der Waals surface area contributed by atoms with Crippen LogP contribution in [-0.2, 0) is 10.8 Å². The fourth-order valence-corrected chi connectivity index (χ4v) is 3.27. The molecule has 0 spiro atoms. The third kappa shape index (κ3) is 4.00. The number of benzene rings is 2. The average molecular weight is 358 g/mol. The van der Waals surface area contributed by atoms with Crippen LogP contribution in [0.15, 0.2) is 57.9 Å². The first-order valence-electron chi connectivity index (χ1n) is 5.49. The van der Waals surface area contributed by atoms with E-state index in [0.29, 0.717) is 15.5 Å². The number of rotatable bonds is 4. The standard InChI is InChI=1S/C14H10BrClO2S/c15-11-2-1-3-13(8-11)19(18)9-14(17)10-4-6-12(16)7-5-10/h1-8H,9H2. The summed E-state index contributed by atoms with van der Waals surface area (Å²) >= 11 is 9.07. The topological polar surface area (TPSA) is 34.1 Å². The molecule has 2 nitrogen and oxygen atoms in total. The van der Waals surface area contributed by atoms with Crippen LogP contribution in [-0.4, -0.2) is 15.7 Å². The number of hydrogen-bond donors (Lipinski definition) is 0. The molecular formula is C14H10BrClO2S. The summed E-state index contributed by atoms with van der Waals surface area (Å²) in [7, 11) is -1.34. The smallest absolute Gasteiger partial charge is 0.175 e. The molecule has 1 unspecified atom stereocenters. The summed E-state index contributed by atoms with van der Waals surface area (Å²) < 4.78 is 12.9. The van der Waals surface area contributed by atoms with Crippen LogP contribution < -0.4 is 0 Å². The van der Waals surface area contributed by atoms with Gasteiger partial charge in [0.2, 0.25) is 0 Å². The molecule has 0 radical (unpaired) electrons. The Hall–Kier alpha value is -0.970. The Morgan fingerprint density at radius 2 is 1.84 bits per heavy atom. The average Bonchev–Trinajstić information content (AvgIpc) is 2.39. The van der Waals surface area contributed by atoms with Crippen molar-refractivity contribution in [2.24, 2.45) is 0 Å². The van der Waals surface area contributed by atoms with E-state index in [4.69, 9.17) is 11.6 Å². The van der Waals surface area contributed by atoms with Gasteiger partial charge in [-0.05, 0) is 42.5 Å². The highest BCUT2D eigenvalue weighted by molar-refractivity contribution is 9.10. The summed E-state index contributed by atoms with van der Waals surface area (Å²) in [5.41, 5.74) is 0.521. The van der Waals surface area contributed by atoms with Gasteiger partial charge in [-0.3, -0.25) is 9.00 Å². The first-order chi connectivity index (χ1) is 9.06. The molecule has 0 fully saturated rings. The Kier molecular flexibility index (Phi) is 4.91. The number of carbonyl (C=O) groups is 1. The van der Waals surface area contributed by atoms with E-state index in [1.807, 2.05) is 6.07 Å². The number of hydrogen-bond acceptors (Lipinski definition) is 2. The van der Waals surface area contributed by atoms with Crippen molar-refractivity contribution in [2.45, 2.75) is 4.90 Å². The van der Waals surface area contributed by atoms with E-state index in [0.717, 1.165) is 4.47 Å². The molecule has 2 aromatic rings. The van der Waals surface area contributed by atoms with Crippen molar-refractivity contribution in [2.75, 3.05) is 5.75 Å². The number of carbonyl (C=O) groups excluding carboxylic acids is 1. The van der Waals surface area contributed by atoms with Crippen LogP contribution in [0.4, 0.5) is 0 Å². The Morgan fingerprint density at radius 3 is 2.47 bits per heavy atom. The van der Waals surface area contributed by atoms with Crippen LogP contribution in [0.25, 0.3) is 0 Å². The monoisotopic (exact) mass is 356 g/mol. The molecule has 0 bridgehead atoms. The molecule has 2 rings (SSSR count). The van der Waals surface area contributed by atoms with Gasteiger partial charge in [-0.15, -0.1) is 0 Å². The summed E-state index contributed by atoms with van der Waals surface area (Å²) in [5, 5.41) is 0.574. The van der Waals surface area contributed by atoms with Crippen LogP contribution in [0.2, 0.25) is 5.02 Å². The second-order valence-corrected chi connectivity index (χ2v) is 6.68. The molecule has 0 saturated carbocycles. The van der Waals surface area contributed by atoms with Crippen molar-refractivity contribution in [3.05, 3.63) is 63.6 Å². The van der Waals surface area contributed by atoms with E-state index < -0.39 is 10.8 Å². The Bertz CT molecular complexity index is 626. The van der Waals surface area contributed by atoms with Crippen LogP contribution in [0.5, 0.6) is 0 Å². The van der Waals surface area contributed by atoms with E-state index in [-0.39, 0.29) is 11.5 Å². The van der Waals surface area contributed by atoms with Gasteiger partial charge in [-0.25, -0.2) is 0 Å². The second-order valence-electron chi connectivity index (χ2n) is 3.88. The van der Waals surface area contributed by atoms with Gasteiger partial charge in [0, 0.05) is 20.0 Å². The zero-order valence-corrected chi connectivity index (χ0v) is 13.0. The van der Waals surface area contributed by atoms with Crippen molar-refractivity contribution < 1.29 is 9.00 Å². The van der Waals surface area contributed by atoms with E-state index in [2.05, 4.69) is 15.9 Å². The predicted molar refractivity (Wildman–Crippen MR) is 81.2 cm³/mol. The molecule has 0 heterocycles. The van der Waals surface area contributed by atoms with Crippen LogP contribution in [0.3, 0.4) is 0 Å². The lowest BCUT2D eigenvalue weighted by Gasteiger charge is -2.03. The minimum atomic E-state index is -1.34. The molecule has 0 amide bonds. The fourth-order valence-electron chi connectivity index (χ4n) is 1.53. The molecule has 2 aromatic carbocycles. The van der Waals surface area contributed by atoms with Gasteiger partial charge >= 0.3 is 0 Å². The highest BCUT2D eigenvalue weighted by Gasteiger charge is 2.12. The van der Waals surface area contributed by atoms with Crippen molar-refractivity contribution >= 4 is 44.1 Å². The third-order valence-corrected chi connectivity index (χ3v) is 4.54. The molecule has 1 atom stereocenters. The minimum absolute atomic E-state index is 0.0297. The third-order valence-electron chi connectivity index (χ3n) is 2.49. The molecule has 98 valence electrons. The van der Waals surface area contributed by atoms with Gasteiger partial charge < -0.3 is 0 Å². The summed E-state index contributed by atoms with van der Waals surface area (Å²) in [6.07, 6.45) is 0. The molecule has 0 aliphatic rings. The molecule has 19 heavy (non-hydrogen) atoms. The normalized spacial score (nSPS) is 12.1. The molecular weight excluding hydrogens is 348 g/mol. The van der Waals surface area contributed by atoms with Crippen molar-refractivity contribution in [3.63, 3.8) is 0 Å². The fraction of sp³-hybridized carbons (Fsp3) is 0.0714. The largest absolute Gasteiger partial charge is 0.293 e. The van der Waals surface area contributed by atoms with Crippen molar-refractivity contribution in [1.29, 1.82) is 0 Å². The molecule has 0 saturated heterocycles.